The van der Waals surface area contributed by atoms with Crippen LogP contribution in [0.2, 0.25) is 0 Å². The quantitative estimate of drug-likeness (QED) is 0.563. The van der Waals surface area contributed by atoms with E-state index >= 15 is 0 Å². The Hall–Kier alpha value is -1.55. The van der Waals surface area contributed by atoms with Crippen molar-refractivity contribution in [3.05, 3.63) is 22.3 Å². The average Bonchev–Trinajstić information content (AvgIpc) is 2.76. The van der Waals surface area contributed by atoms with Gasteiger partial charge >= 0.3 is 16.2 Å². The lowest BCUT2D eigenvalue weighted by Crippen LogP contribution is -2.28. The van der Waals surface area contributed by atoms with Crippen molar-refractivity contribution in [3.8, 4) is 0 Å². The summed E-state index contributed by atoms with van der Waals surface area (Å²) in [6.07, 6.45) is 1.27. The molecule has 0 N–H and O–H groups in total. The maximum atomic E-state index is 12.8. The smallest absolute Gasteiger partial charge is 0.341 e. The van der Waals surface area contributed by atoms with Crippen LogP contribution in [0.25, 0.3) is 0 Å². The molecule has 1 aromatic heterocycles. The molecule has 1 amide bonds. The molecule has 1 aliphatic heterocycles. The summed E-state index contributed by atoms with van der Waals surface area (Å²) in [7, 11) is -3.48. The molecule has 22 heavy (non-hydrogen) atoms. The van der Waals surface area contributed by atoms with Gasteiger partial charge in [0, 0.05) is 29.6 Å². The van der Waals surface area contributed by atoms with Gasteiger partial charge in [-0.2, -0.15) is 8.42 Å². The lowest BCUT2D eigenvalue weighted by molar-refractivity contribution is -0.117. The van der Waals surface area contributed by atoms with E-state index in [2.05, 4.69) is 25.7 Å². The van der Waals surface area contributed by atoms with E-state index < -0.39 is 33.8 Å². The van der Waals surface area contributed by atoms with Crippen molar-refractivity contribution in [2.75, 3.05) is 24.3 Å². The van der Waals surface area contributed by atoms with Crippen LogP contribution in [0.15, 0.2) is 16.7 Å². The number of ether oxygens (including phenoxy) is 1. The van der Waals surface area contributed by atoms with Crippen molar-refractivity contribution in [2.24, 2.45) is 5.92 Å². The van der Waals surface area contributed by atoms with Crippen molar-refractivity contribution in [3.63, 3.8) is 0 Å². The van der Waals surface area contributed by atoms with Crippen LogP contribution in [-0.2, 0) is 19.8 Å². The molecule has 0 radical (unpaired) electrons. The van der Waals surface area contributed by atoms with Crippen LogP contribution >= 0.6 is 15.9 Å². The van der Waals surface area contributed by atoms with E-state index in [-0.39, 0.29) is 24.3 Å². The van der Waals surface area contributed by atoms with Crippen LogP contribution in [0.5, 0.6) is 0 Å². The molecule has 1 atom stereocenters. The average molecular weight is 395 g/mol. The summed E-state index contributed by atoms with van der Waals surface area (Å²) in [5.74, 6) is -2.46. The summed E-state index contributed by atoms with van der Waals surface area (Å²) in [6, 6.07) is 1.45. The van der Waals surface area contributed by atoms with E-state index in [1.54, 1.807) is 0 Å². The Morgan fingerprint density at radius 1 is 1.59 bits per heavy atom. The van der Waals surface area contributed by atoms with E-state index in [9.17, 15) is 21.9 Å². The molecule has 120 valence electrons. The summed E-state index contributed by atoms with van der Waals surface area (Å²) >= 11 is 3.17. The fourth-order valence-corrected chi connectivity index (χ4v) is 3.40. The largest absolute Gasteiger partial charge is 0.465 e. The van der Waals surface area contributed by atoms with Crippen LogP contribution < -0.4 is 4.90 Å². The molecule has 1 saturated heterocycles. The summed E-state index contributed by atoms with van der Waals surface area (Å²) < 4.78 is 39.3. The first-order chi connectivity index (χ1) is 10.2. The fraction of sp³-hybridized carbons (Fsp3) is 0.417. The SMILES string of the molecule is COC(=O)c1cc(Br)cnc1N1CC(CS(=O)(=O)F)CC1=O. The van der Waals surface area contributed by atoms with E-state index in [0.717, 1.165) is 0 Å². The maximum Gasteiger partial charge on any atom is 0.341 e. The van der Waals surface area contributed by atoms with Gasteiger partial charge < -0.3 is 4.74 Å². The molecule has 1 fully saturated rings. The minimum absolute atomic E-state index is 0.0272. The van der Waals surface area contributed by atoms with Crippen LogP contribution in [0.4, 0.5) is 9.70 Å². The number of rotatable bonds is 4. The Bertz CT molecular complexity index is 724. The minimum atomic E-state index is -4.67. The number of hydrogen-bond donors (Lipinski definition) is 0. The molecule has 2 rings (SSSR count). The number of carbonyl (C=O) groups excluding carboxylic acids is 2. The standard InChI is InChI=1S/C12H12BrFN2O5S/c1-21-12(18)9-3-8(13)4-15-11(9)16-5-7(2-10(16)17)6-22(14,19)20/h3-4,7H,2,5-6H2,1H3. The van der Waals surface area contributed by atoms with Gasteiger partial charge in [0.05, 0.1) is 12.9 Å². The summed E-state index contributed by atoms with van der Waals surface area (Å²) in [5.41, 5.74) is 0.0639. The molecule has 0 aromatic carbocycles. The molecule has 7 nitrogen and oxygen atoms in total. The van der Waals surface area contributed by atoms with Gasteiger partial charge in [-0.05, 0) is 22.0 Å². The van der Waals surface area contributed by atoms with Gasteiger partial charge in [0.15, 0.2) is 0 Å². The first kappa shape index (κ1) is 16.8. The Morgan fingerprint density at radius 2 is 2.27 bits per heavy atom. The molecule has 1 unspecified atom stereocenters. The summed E-state index contributed by atoms with van der Waals surface area (Å²) in [5, 5.41) is 0. The summed E-state index contributed by atoms with van der Waals surface area (Å²) in [4.78, 5) is 29.0. The van der Waals surface area contributed by atoms with Crippen molar-refractivity contribution < 1.29 is 26.6 Å². The van der Waals surface area contributed by atoms with Gasteiger partial charge in [-0.25, -0.2) is 9.78 Å². The number of halogens is 2. The molecule has 0 aliphatic carbocycles. The van der Waals surface area contributed by atoms with Gasteiger partial charge in [-0.15, -0.1) is 3.89 Å². The second-order valence-corrected chi connectivity index (χ2v) is 7.12. The van der Waals surface area contributed by atoms with Crippen LogP contribution in [-0.4, -0.2) is 44.7 Å². The van der Waals surface area contributed by atoms with Crippen molar-refractivity contribution in [1.29, 1.82) is 0 Å². The first-order valence-corrected chi connectivity index (χ1v) is 8.52. The van der Waals surface area contributed by atoms with Crippen LogP contribution in [0, 0.1) is 5.92 Å². The lowest BCUT2D eigenvalue weighted by Gasteiger charge is -2.18. The highest BCUT2D eigenvalue weighted by Gasteiger charge is 2.36. The second kappa shape index (κ2) is 6.29. The highest BCUT2D eigenvalue weighted by Crippen LogP contribution is 2.29. The van der Waals surface area contributed by atoms with E-state index in [1.165, 1.54) is 24.3 Å². The van der Waals surface area contributed by atoms with Gasteiger partial charge in [-0.1, -0.05) is 0 Å². The predicted molar refractivity (Wildman–Crippen MR) is 78.6 cm³/mol. The molecular weight excluding hydrogens is 383 g/mol. The van der Waals surface area contributed by atoms with Gasteiger partial charge in [0.2, 0.25) is 5.91 Å². The van der Waals surface area contributed by atoms with Gasteiger partial charge in [0.1, 0.15) is 11.4 Å². The molecule has 2 heterocycles. The Kier molecular flexibility index (Phi) is 4.81. The molecule has 0 spiro atoms. The topological polar surface area (TPSA) is 93.6 Å². The number of carbonyl (C=O) groups is 2. The molecule has 0 bridgehead atoms. The normalized spacial score (nSPS) is 18.6. The van der Waals surface area contributed by atoms with E-state index in [0.29, 0.717) is 4.47 Å². The highest BCUT2D eigenvalue weighted by molar-refractivity contribution is 9.10. The van der Waals surface area contributed by atoms with Crippen molar-refractivity contribution >= 4 is 43.8 Å². The number of aromatic nitrogens is 1. The Morgan fingerprint density at radius 3 is 2.86 bits per heavy atom. The number of nitrogens with zero attached hydrogens (tertiary/aromatic N) is 2. The van der Waals surface area contributed by atoms with E-state index in [1.807, 2.05) is 0 Å². The van der Waals surface area contributed by atoms with Crippen LogP contribution in [0.3, 0.4) is 0 Å². The number of pyridine rings is 1. The zero-order chi connectivity index (χ0) is 16.5. The third-order valence-electron chi connectivity index (χ3n) is 3.13. The maximum absolute atomic E-state index is 12.8. The molecule has 0 saturated carbocycles. The Balaban J connectivity index is 2.32. The molecule has 10 heteroatoms. The molecular formula is C12H12BrFN2O5S. The number of anilines is 1. The molecule has 1 aliphatic rings. The number of esters is 1. The highest BCUT2D eigenvalue weighted by atomic mass is 79.9. The molecule has 1 aromatic rings. The lowest BCUT2D eigenvalue weighted by atomic mass is 10.1. The Labute approximate surface area is 134 Å². The van der Waals surface area contributed by atoms with Gasteiger partial charge in [0.25, 0.3) is 0 Å². The van der Waals surface area contributed by atoms with Crippen molar-refractivity contribution in [2.45, 2.75) is 6.42 Å². The fourth-order valence-electron chi connectivity index (χ4n) is 2.29. The zero-order valence-electron chi connectivity index (χ0n) is 11.5. The van der Waals surface area contributed by atoms with Crippen LogP contribution in [0.1, 0.15) is 16.8 Å². The first-order valence-electron chi connectivity index (χ1n) is 6.18. The van der Waals surface area contributed by atoms with Gasteiger partial charge in [-0.3, -0.25) is 9.69 Å². The number of methoxy groups -OCH3 is 1. The van der Waals surface area contributed by atoms with Crippen molar-refractivity contribution in [1.82, 2.24) is 4.98 Å². The van der Waals surface area contributed by atoms with E-state index in [4.69, 9.17) is 0 Å². The zero-order valence-corrected chi connectivity index (χ0v) is 13.9. The third kappa shape index (κ3) is 3.80. The monoisotopic (exact) mass is 394 g/mol. The number of hydrogen-bond acceptors (Lipinski definition) is 6. The summed E-state index contributed by atoms with van der Waals surface area (Å²) in [6.45, 7) is -0.0272. The third-order valence-corrected chi connectivity index (χ3v) is 4.44. The number of amides is 1. The second-order valence-electron chi connectivity index (χ2n) is 4.80. The predicted octanol–water partition coefficient (Wildman–Crippen LogP) is 1.28. The minimum Gasteiger partial charge on any atom is -0.465 e.